The second kappa shape index (κ2) is 3.73. The lowest BCUT2D eigenvalue weighted by molar-refractivity contribution is -0.384. The molecule has 0 fully saturated rings. The molecule has 2 N–H and O–H groups in total. The van der Waals surface area contributed by atoms with Crippen LogP contribution in [0.3, 0.4) is 0 Å². The van der Waals surface area contributed by atoms with E-state index in [1.54, 1.807) is 6.07 Å². The number of nitro benzene ring substituents is 1. The van der Waals surface area contributed by atoms with Crippen LogP contribution in [0.15, 0.2) is 18.2 Å². The van der Waals surface area contributed by atoms with Gasteiger partial charge in [0.25, 0.3) is 5.69 Å². The Morgan fingerprint density at radius 1 is 1.44 bits per heavy atom. The highest BCUT2D eigenvalue weighted by atomic mass is 16.6. The Labute approximate surface area is 91.3 Å². The van der Waals surface area contributed by atoms with Crippen LogP contribution in [0.1, 0.15) is 12.7 Å². The van der Waals surface area contributed by atoms with E-state index >= 15 is 0 Å². The fourth-order valence-electron chi connectivity index (χ4n) is 1.46. The van der Waals surface area contributed by atoms with E-state index in [4.69, 9.17) is 5.73 Å². The topological polar surface area (TPSA) is 94.9 Å². The number of rotatable bonds is 2. The first-order valence-electron chi connectivity index (χ1n) is 4.82. The first kappa shape index (κ1) is 10.3. The molecule has 0 aliphatic heterocycles. The number of hydrogen-bond acceptors (Lipinski definition) is 5. The van der Waals surface area contributed by atoms with Crippen molar-refractivity contribution >= 4 is 22.4 Å². The molecule has 6 heteroatoms. The third kappa shape index (κ3) is 1.65. The number of aromatic nitrogens is 2. The van der Waals surface area contributed by atoms with E-state index in [-0.39, 0.29) is 5.69 Å². The number of nitrogen functional groups attached to an aromatic ring is 1. The minimum atomic E-state index is -0.455. The zero-order valence-corrected chi connectivity index (χ0v) is 8.67. The van der Waals surface area contributed by atoms with Gasteiger partial charge in [-0.05, 0) is 6.07 Å². The summed E-state index contributed by atoms with van der Waals surface area (Å²) in [7, 11) is 0. The van der Waals surface area contributed by atoms with E-state index in [0.717, 1.165) is 0 Å². The molecule has 2 rings (SSSR count). The molecule has 0 saturated carbocycles. The van der Waals surface area contributed by atoms with Crippen LogP contribution in [-0.2, 0) is 6.42 Å². The zero-order chi connectivity index (χ0) is 11.7. The van der Waals surface area contributed by atoms with Gasteiger partial charge < -0.3 is 5.73 Å². The van der Waals surface area contributed by atoms with Crippen molar-refractivity contribution in [3.63, 3.8) is 0 Å². The number of fused-ring (bicyclic) bond motifs is 1. The molecular weight excluding hydrogens is 208 g/mol. The first-order valence-corrected chi connectivity index (χ1v) is 4.82. The van der Waals surface area contributed by atoms with Gasteiger partial charge in [-0.3, -0.25) is 10.1 Å². The van der Waals surface area contributed by atoms with Gasteiger partial charge in [0.15, 0.2) is 0 Å². The van der Waals surface area contributed by atoms with Crippen LogP contribution in [0.5, 0.6) is 0 Å². The van der Waals surface area contributed by atoms with Crippen molar-refractivity contribution < 1.29 is 4.92 Å². The predicted molar refractivity (Wildman–Crippen MR) is 60.0 cm³/mol. The Kier molecular flexibility index (Phi) is 2.40. The molecule has 0 spiro atoms. The van der Waals surface area contributed by atoms with Gasteiger partial charge in [0.1, 0.15) is 11.6 Å². The smallest absolute Gasteiger partial charge is 0.271 e. The van der Waals surface area contributed by atoms with E-state index in [0.29, 0.717) is 29.0 Å². The van der Waals surface area contributed by atoms with Crippen molar-refractivity contribution in [2.45, 2.75) is 13.3 Å². The van der Waals surface area contributed by atoms with Gasteiger partial charge in [-0.15, -0.1) is 0 Å². The number of nitrogens with two attached hydrogens (primary N) is 1. The maximum absolute atomic E-state index is 10.6. The summed E-state index contributed by atoms with van der Waals surface area (Å²) in [5, 5.41) is 11.3. The molecule has 0 atom stereocenters. The Morgan fingerprint density at radius 3 is 2.81 bits per heavy atom. The van der Waals surface area contributed by atoms with E-state index in [2.05, 4.69) is 9.97 Å². The van der Waals surface area contributed by atoms with E-state index < -0.39 is 4.92 Å². The lowest BCUT2D eigenvalue weighted by Crippen LogP contribution is -2.00. The molecule has 0 aliphatic carbocycles. The summed E-state index contributed by atoms with van der Waals surface area (Å²) < 4.78 is 0. The molecule has 16 heavy (non-hydrogen) atoms. The van der Waals surface area contributed by atoms with Crippen LogP contribution in [0.4, 0.5) is 11.5 Å². The quantitative estimate of drug-likeness (QED) is 0.611. The van der Waals surface area contributed by atoms with Gasteiger partial charge in [0, 0.05) is 23.9 Å². The van der Waals surface area contributed by atoms with Crippen molar-refractivity contribution in [3.05, 3.63) is 34.1 Å². The monoisotopic (exact) mass is 218 g/mol. The zero-order valence-electron chi connectivity index (χ0n) is 8.67. The SMILES string of the molecule is CCc1nc(N)c2ccc([N+](=O)[O-])cc2n1. The molecule has 0 aliphatic rings. The Balaban J connectivity index is 2.71. The van der Waals surface area contributed by atoms with Gasteiger partial charge in [-0.2, -0.15) is 0 Å². The highest BCUT2D eigenvalue weighted by Crippen LogP contribution is 2.22. The molecule has 6 nitrogen and oxygen atoms in total. The van der Waals surface area contributed by atoms with Gasteiger partial charge in [-0.25, -0.2) is 9.97 Å². The summed E-state index contributed by atoms with van der Waals surface area (Å²) in [5.74, 6) is 0.947. The highest BCUT2D eigenvalue weighted by Gasteiger charge is 2.10. The number of non-ortho nitro benzene ring substituents is 1. The van der Waals surface area contributed by atoms with Crippen molar-refractivity contribution in [1.82, 2.24) is 9.97 Å². The van der Waals surface area contributed by atoms with Crippen LogP contribution in [-0.4, -0.2) is 14.9 Å². The maximum atomic E-state index is 10.6. The van der Waals surface area contributed by atoms with Crippen molar-refractivity contribution in [2.24, 2.45) is 0 Å². The van der Waals surface area contributed by atoms with Crippen LogP contribution in [0.25, 0.3) is 10.9 Å². The summed E-state index contributed by atoms with van der Waals surface area (Å²) in [6, 6.07) is 4.38. The Hall–Kier alpha value is -2.24. The summed E-state index contributed by atoms with van der Waals surface area (Å²) in [6.45, 7) is 1.90. The fraction of sp³-hybridized carbons (Fsp3) is 0.200. The number of anilines is 1. The summed E-state index contributed by atoms with van der Waals surface area (Å²) in [5.41, 5.74) is 6.26. The lowest BCUT2D eigenvalue weighted by Gasteiger charge is -2.03. The van der Waals surface area contributed by atoms with Crippen LogP contribution in [0.2, 0.25) is 0 Å². The molecule has 1 heterocycles. The molecule has 0 unspecified atom stereocenters. The molecule has 0 radical (unpaired) electrons. The standard InChI is InChI=1S/C10H10N4O2/c1-2-9-12-8-5-6(14(15)16)3-4-7(8)10(11)13-9/h3-5H,2H2,1H3,(H2,11,12,13). The number of hydrogen-bond donors (Lipinski definition) is 1. The fourth-order valence-corrected chi connectivity index (χ4v) is 1.46. The van der Waals surface area contributed by atoms with Crippen molar-refractivity contribution in [3.8, 4) is 0 Å². The predicted octanol–water partition coefficient (Wildman–Crippen LogP) is 1.68. The second-order valence-corrected chi connectivity index (χ2v) is 3.34. The second-order valence-electron chi connectivity index (χ2n) is 3.34. The molecule has 0 bridgehead atoms. The summed E-state index contributed by atoms with van der Waals surface area (Å²) in [6.07, 6.45) is 0.642. The number of benzene rings is 1. The minimum Gasteiger partial charge on any atom is -0.383 e. The van der Waals surface area contributed by atoms with Crippen LogP contribution < -0.4 is 5.73 Å². The van der Waals surface area contributed by atoms with Crippen LogP contribution >= 0.6 is 0 Å². The van der Waals surface area contributed by atoms with Gasteiger partial charge in [0.2, 0.25) is 0 Å². The molecular formula is C10H10N4O2. The molecule has 2 aromatic rings. The molecule has 1 aromatic carbocycles. The number of nitrogens with zero attached hydrogens (tertiary/aromatic N) is 3. The average Bonchev–Trinajstić information content (AvgIpc) is 2.28. The van der Waals surface area contributed by atoms with Crippen molar-refractivity contribution in [2.75, 3.05) is 5.73 Å². The third-order valence-corrected chi connectivity index (χ3v) is 2.28. The maximum Gasteiger partial charge on any atom is 0.271 e. The number of nitro groups is 1. The normalized spacial score (nSPS) is 10.6. The van der Waals surface area contributed by atoms with E-state index in [1.165, 1.54) is 12.1 Å². The average molecular weight is 218 g/mol. The van der Waals surface area contributed by atoms with Gasteiger partial charge in [-0.1, -0.05) is 6.92 Å². The van der Waals surface area contributed by atoms with Gasteiger partial charge >= 0.3 is 0 Å². The summed E-state index contributed by atoms with van der Waals surface area (Å²) in [4.78, 5) is 18.5. The largest absolute Gasteiger partial charge is 0.383 e. The molecule has 0 saturated heterocycles. The van der Waals surface area contributed by atoms with Crippen molar-refractivity contribution in [1.29, 1.82) is 0 Å². The number of aryl methyl sites for hydroxylation is 1. The van der Waals surface area contributed by atoms with Crippen LogP contribution in [0, 0.1) is 10.1 Å². The molecule has 1 aromatic heterocycles. The highest BCUT2D eigenvalue weighted by molar-refractivity contribution is 5.89. The minimum absolute atomic E-state index is 0.00709. The lowest BCUT2D eigenvalue weighted by atomic mass is 10.2. The van der Waals surface area contributed by atoms with E-state index in [9.17, 15) is 10.1 Å². The first-order chi connectivity index (χ1) is 7.61. The van der Waals surface area contributed by atoms with E-state index in [1.807, 2.05) is 6.92 Å². The Morgan fingerprint density at radius 2 is 2.19 bits per heavy atom. The molecule has 82 valence electrons. The third-order valence-electron chi connectivity index (χ3n) is 2.28. The summed E-state index contributed by atoms with van der Waals surface area (Å²) >= 11 is 0. The van der Waals surface area contributed by atoms with Gasteiger partial charge in [0.05, 0.1) is 10.4 Å². The Bertz CT molecular complexity index is 568. The molecule has 0 amide bonds.